The van der Waals surface area contributed by atoms with Crippen molar-refractivity contribution in [2.75, 3.05) is 57.5 Å². The molecule has 2 aliphatic heterocycles. The molecule has 0 unspecified atom stereocenters. The smallest absolute Gasteiger partial charge is 0.291 e. The van der Waals surface area contributed by atoms with Crippen molar-refractivity contribution < 1.29 is 13.2 Å². The maximum atomic E-state index is 12.9. The van der Waals surface area contributed by atoms with Crippen LogP contribution in [0.2, 0.25) is 0 Å². The molecule has 10 heteroatoms. The van der Waals surface area contributed by atoms with Gasteiger partial charge in [0.1, 0.15) is 5.82 Å². The molecule has 0 saturated carbocycles. The zero-order valence-corrected chi connectivity index (χ0v) is 17.2. The van der Waals surface area contributed by atoms with Gasteiger partial charge in [0.15, 0.2) is 0 Å². The second-order valence-corrected chi connectivity index (χ2v) is 9.37. The molecule has 1 aromatic rings. The number of rotatable bonds is 3. The first-order chi connectivity index (χ1) is 12.7. The van der Waals surface area contributed by atoms with E-state index in [1.807, 2.05) is 13.8 Å². The number of nitrogens with zero attached hydrogens (tertiary/aromatic N) is 5. The van der Waals surface area contributed by atoms with E-state index in [2.05, 4.69) is 38.6 Å². The highest BCUT2D eigenvalue weighted by molar-refractivity contribution is 7.89. The molecule has 0 bridgehead atoms. The van der Waals surface area contributed by atoms with E-state index < -0.39 is 10.0 Å². The van der Waals surface area contributed by atoms with Crippen LogP contribution in [0.4, 0.5) is 5.82 Å². The van der Waals surface area contributed by atoms with Crippen LogP contribution in [-0.4, -0.2) is 92.7 Å². The molecule has 1 amide bonds. The summed E-state index contributed by atoms with van der Waals surface area (Å²) < 4.78 is 25.9. The molecule has 9 nitrogen and oxygen atoms in total. The Morgan fingerprint density at radius 3 is 2.59 bits per heavy atom. The molecule has 1 N–H and O–H groups in total. The fourth-order valence-corrected chi connectivity index (χ4v) is 4.48. The number of hydrogen-bond donors (Lipinski definition) is 1. The lowest BCUT2D eigenvalue weighted by Crippen LogP contribution is -2.37. The molecule has 1 aromatic heterocycles. The Morgan fingerprint density at radius 2 is 1.93 bits per heavy atom. The highest BCUT2D eigenvalue weighted by atomic mass is 32.2. The van der Waals surface area contributed by atoms with Gasteiger partial charge in [0, 0.05) is 50.0 Å². The molecular weight excluding hydrogens is 368 g/mol. The lowest BCUT2D eigenvalue weighted by molar-refractivity contribution is 0.0759. The van der Waals surface area contributed by atoms with Crippen LogP contribution >= 0.6 is 0 Å². The van der Waals surface area contributed by atoms with Gasteiger partial charge in [0.25, 0.3) is 5.91 Å². The average molecular weight is 397 g/mol. The Labute approximate surface area is 160 Å². The highest BCUT2D eigenvalue weighted by Crippen LogP contribution is 2.25. The van der Waals surface area contributed by atoms with Gasteiger partial charge in [0.05, 0.1) is 5.75 Å². The van der Waals surface area contributed by atoms with Crippen molar-refractivity contribution in [2.24, 2.45) is 0 Å². The predicted molar refractivity (Wildman–Crippen MR) is 104 cm³/mol. The zero-order chi connectivity index (χ0) is 19.8. The summed E-state index contributed by atoms with van der Waals surface area (Å²) in [6.07, 6.45) is 1.05. The van der Waals surface area contributed by atoms with Crippen LogP contribution in [0.15, 0.2) is 0 Å². The Balaban J connectivity index is 1.84. The minimum atomic E-state index is -3.32. The number of carbonyl (C=O) groups is 1. The summed E-state index contributed by atoms with van der Waals surface area (Å²) in [6, 6.07) is 0.459. The number of amides is 1. The van der Waals surface area contributed by atoms with E-state index in [0.29, 0.717) is 12.6 Å². The second kappa shape index (κ2) is 7.69. The van der Waals surface area contributed by atoms with Crippen LogP contribution in [0.5, 0.6) is 0 Å². The van der Waals surface area contributed by atoms with Crippen molar-refractivity contribution in [2.45, 2.75) is 26.3 Å². The molecule has 2 fully saturated rings. The van der Waals surface area contributed by atoms with Crippen molar-refractivity contribution in [1.82, 2.24) is 24.5 Å². The molecule has 3 heterocycles. The highest BCUT2D eigenvalue weighted by Gasteiger charge is 2.29. The summed E-state index contributed by atoms with van der Waals surface area (Å²) in [4.78, 5) is 27.8. The predicted octanol–water partition coefficient (Wildman–Crippen LogP) is -0.391. The van der Waals surface area contributed by atoms with Gasteiger partial charge in [-0.2, -0.15) is 0 Å². The van der Waals surface area contributed by atoms with E-state index in [4.69, 9.17) is 0 Å². The summed E-state index contributed by atoms with van der Waals surface area (Å²) in [7, 11) is 0.828. The number of anilines is 1. The van der Waals surface area contributed by atoms with Crippen molar-refractivity contribution >= 4 is 21.7 Å². The third-order valence-corrected chi connectivity index (χ3v) is 6.73. The SMILES string of the molecule is Cc1nc(C(=O)N2CCNS(=O)(=O)CC2)nc(N2CC[C@@H](N(C)C)C2)c1C. The number of aromatic nitrogens is 2. The normalized spacial score (nSPS) is 22.9. The van der Waals surface area contributed by atoms with Gasteiger partial charge in [-0.15, -0.1) is 0 Å². The molecule has 150 valence electrons. The van der Waals surface area contributed by atoms with Crippen molar-refractivity contribution in [3.63, 3.8) is 0 Å². The summed E-state index contributed by atoms with van der Waals surface area (Å²) in [6.45, 7) is 6.28. The van der Waals surface area contributed by atoms with Crippen molar-refractivity contribution in [3.8, 4) is 0 Å². The first-order valence-electron chi connectivity index (χ1n) is 9.21. The van der Waals surface area contributed by atoms with E-state index in [1.54, 1.807) is 0 Å². The minimum Gasteiger partial charge on any atom is -0.355 e. The number of carbonyl (C=O) groups excluding carboxylic acids is 1. The first kappa shape index (κ1) is 20.0. The minimum absolute atomic E-state index is 0.104. The summed E-state index contributed by atoms with van der Waals surface area (Å²) in [5, 5.41) is 0. The van der Waals surface area contributed by atoms with Crippen LogP contribution in [0.1, 0.15) is 28.3 Å². The summed E-state index contributed by atoms with van der Waals surface area (Å²) >= 11 is 0. The van der Waals surface area contributed by atoms with E-state index in [9.17, 15) is 13.2 Å². The van der Waals surface area contributed by atoms with E-state index in [1.165, 1.54) is 4.90 Å². The maximum absolute atomic E-state index is 12.9. The lowest BCUT2D eigenvalue weighted by atomic mass is 10.2. The average Bonchev–Trinajstić information content (AvgIpc) is 3.02. The molecule has 2 saturated heterocycles. The van der Waals surface area contributed by atoms with Crippen LogP contribution in [0.25, 0.3) is 0 Å². The Morgan fingerprint density at radius 1 is 1.19 bits per heavy atom. The van der Waals surface area contributed by atoms with Crippen LogP contribution in [-0.2, 0) is 10.0 Å². The molecule has 0 spiro atoms. The summed E-state index contributed by atoms with van der Waals surface area (Å²) in [5.41, 5.74) is 1.75. The lowest BCUT2D eigenvalue weighted by Gasteiger charge is -2.24. The van der Waals surface area contributed by atoms with Gasteiger partial charge in [-0.3, -0.25) is 4.79 Å². The fraction of sp³-hybridized carbons (Fsp3) is 0.706. The van der Waals surface area contributed by atoms with Gasteiger partial charge >= 0.3 is 0 Å². The second-order valence-electron chi connectivity index (χ2n) is 7.44. The standard InChI is InChI=1S/C17H28N6O3S/c1-12-13(2)19-15(17(24)22-8-6-18-27(25,26)10-9-22)20-16(12)23-7-5-14(11-23)21(3)4/h14,18H,5-11H2,1-4H3/t14-/m1/s1. The van der Waals surface area contributed by atoms with Gasteiger partial charge in [-0.05, 0) is 34.4 Å². The van der Waals surface area contributed by atoms with Crippen molar-refractivity contribution in [3.05, 3.63) is 17.1 Å². The number of aryl methyl sites for hydroxylation is 1. The number of likely N-dealkylation sites (N-methyl/N-ethyl adjacent to an activating group) is 1. The van der Waals surface area contributed by atoms with Crippen molar-refractivity contribution in [1.29, 1.82) is 0 Å². The summed E-state index contributed by atoms with van der Waals surface area (Å²) in [5.74, 6) is 0.519. The molecule has 0 aliphatic carbocycles. The first-order valence-corrected chi connectivity index (χ1v) is 10.9. The maximum Gasteiger partial charge on any atom is 0.291 e. The Hall–Kier alpha value is -1.78. The third-order valence-electron chi connectivity index (χ3n) is 5.37. The Bertz CT molecular complexity index is 826. The molecule has 27 heavy (non-hydrogen) atoms. The number of nitrogens with one attached hydrogen (secondary N) is 1. The zero-order valence-electron chi connectivity index (χ0n) is 16.4. The third kappa shape index (κ3) is 4.39. The molecule has 3 rings (SSSR count). The van der Waals surface area contributed by atoms with Gasteiger partial charge in [0.2, 0.25) is 15.8 Å². The largest absolute Gasteiger partial charge is 0.355 e. The fourth-order valence-electron chi connectivity index (χ4n) is 3.47. The quantitative estimate of drug-likeness (QED) is 0.743. The van der Waals surface area contributed by atoms with Gasteiger partial charge in [-0.25, -0.2) is 23.1 Å². The molecule has 1 atom stereocenters. The van der Waals surface area contributed by atoms with E-state index in [-0.39, 0.29) is 30.6 Å². The topological polar surface area (TPSA) is 98.7 Å². The Kier molecular flexibility index (Phi) is 5.68. The monoisotopic (exact) mass is 396 g/mol. The van der Waals surface area contributed by atoms with Gasteiger partial charge in [-0.1, -0.05) is 0 Å². The number of hydrogen-bond acceptors (Lipinski definition) is 7. The van der Waals surface area contributed by atoms with E-state index in [0.717, 1.165) is 36.6 Å². The van der Waals surface area contributed by atoms with Gasteiger partial charge < -0.3 is 14.7 Å². The molecule has 0 aromatic carbocycles. The van der Waals surface area contributed by atoms with Crippen LogP contribution in [0, 0.1) is 13.8 Å². The number of sulfonamides is 1. The van der Waals surface area contributed by atoms with Crippen LogP contribution in [0.3, 0.4) is 0 Å². The van der Waals surface area contributed by atoms with Crippen LogP contribution < -0.4 is 9.62 Å². The van der Waals surface area contributed by atoms with E-state index >= 15 is 0 Å². The molecule has 0 radical (unpaired) electrons. The molecule has 2 aliphatic rings. The molecular formula is C17H28N6O3S.